The van der Waals surface area contributed by atoms with Crippen LogP contribution < -0.4 is 4.72 Å². The van der Waals surface area contributed by atoms with E-state index in [2.05, 4.69) is 4.72 Å². The van der Waals surface area contributed by atoms with E-state index in [9.17, 15) is 18.3 Å². The molecule has 2 heterocycles. The zero-order valence-corrected chi connectivity index (χ0v) is 15.0. The molecule has 3 aromatic rings. The lowest BCUT2D eigenvalue weighted by atomic mass is 10.2. The maximum absolute atomic E-state index is 12.5. The van der Waals surface area contributed by atoms with Crippen LogP contribution in [0.2, 0.25) is 0 Å². The second-order valence-electron chi connectivity index (χ2n) is 5.09. The van der Waals surface area contributed by atoms with Gasteiger partial charge < -0.3 is 5.11 Å². The maximum atomic E-state index is 12.5. The lowest BCUT2D eigenvalue weighted by Gasteiger charge is -2.07. The van der Waals surface area contributed by atoms with E-state index in [0.29, 0.717) is 4.88 Å². The predicted molar refractivity (Wildman–Crippen MR) is 96.6 cm³/mol. The van der Waals surface area contributed by atoms with Gasteiger partial charge in [0.05, 0.1) is 10.6 Å². The van der Waals surface area contributed by atoms with Gasteiger partial charge in [0, 0.05) is 10.4 Å². The van der Waals surface area contributed by atoms with Crippen molar-refractivity contribution in [2.24, 2.45) is 0 Å². The lowest BCUT2D eigenvalue weighted by molar-refractivity contribution is 0.0703. The second-order valence-corrected chi connectivity index (χ2v) is 8.60. The van der Waals surface area contributed by atoms with E-state index >= 15 is 0 Å². The van der Waals surface area contributed by atoms with Crippen LogP contribution in [0.15, 0.2) is 52.1 Å². The minimum atomic E-state index is -3.85. The van der Waals surface area contributed by atoms with Gasteiger partial charge in [0.15, 0.2) is 0 Å². The van der Waals surface area contributed by atoms with Crippen molar-refractivity contribution in [2.45, 2.75) is 11.8 Å². The van der Waals surface area contributed by atoms with Gasteiger partial charge in [-0.1, -0.05) is 17.7 Å². The molecular weight excluding hydrogens is 366 g/mol. The summed E-state index contributed by atoms with van der Waals surface area (Å²) in [5.41, 5.74) is 1.89. The summed E-state index contributed by atoms with van der Waals surface area (Å²) in [5.74, 6) is -1.16. The number of rotatable bonds is 5. The molecule has 0 atom stereocenters. The van der Waals surface area contributed by atoms with Gasteiger partial charge in [-0.05, 0) is 41.9 Å². The molecular formula is C16H13NO4S3. The van der Waals surface area contributed by atoms with Crippen LogP contribution in [0.5, 0.6) is 0 Å². The first-order valence-corrected chi connectivity index (χ1v) is 10.1. The van der Waals surface area contributed by atoms with Crippen molar-refractivity contribution in [1.29, 1.82) is 0 Å². The molecule has 0 aliphatic carbocycles. The molecule has 2 aromatic heterocycles. The quantitative estimate of drug-likeness (QED) is 0.693. The summed E-state index contributed by atoms with van der Waals surface area (Å²) >= 11 is 2.53. The number of hydrogen-bond acceptors (Lipinski definition) is 5. The Morgan fingerprint density at radius 2 is 1.88 bits per heavy atom. The number of aryl methyl sites for hydroxylation is 1. The van der Waals surface area contributed by atoms with Gasteiger partial charge in [0.2, 0.25) is 0 Å². The van der Waals surface area contributed by atoms with Gasteiger partial charge in [-0.2, -0.15) is 11.3 Å². The van der Waals surface area contributed by atoms with Crippen LogP contribution in [0.3, 0.4) is 0 Å². The minimum Gasteiger partial charge on any atom is -0.477 e. The number of carbonyl (C=O) groups is 1. The predicted octanol–water partition coefficient (Wildman–Crippen LogP) is 4.28. The molecule has 0 amide bonds. The molecule has 0 unspecified atom stereocenters. The number of sulfonamides is 1. The summed E-state index contributed by atoms with van der Waals surface area (Å²) in [4.78, 5) is 12.2. The van der Waals surface area contributed by atoms with Gasteiger partial charge in [0.1, 0.15) is 4.88 Å². The zero-order chi connectivity index (χ0) is 17.3. The summed E-state index contributed by atoms with van der Waals surface area (Å²) in [6.45, 7) is 1.86. The van der Waals surface area contributed by atoms with Crippen molar-refractivity contribution in [2.75, 3.05) is 4.72 Å². The fourth-order valence-corrected chi connectivity index (χ4v) is 4.90. The Bertz CT molecular complexity index is 971. The van der Waals surface area contributed by atoms with Crippen LogP contribution in [0.4, 0.5) is 5.69 Å². The summed E-state index contributed by atoms with van der Waals surface area (Å²) in [5, 5.41) is 13.1. The molecule has 0 aliphatic heterocycles. The zero-order valence-electron chi connectivity index (χ0n) is 12.5. The number of thiophene rings is 2. The van der Waals surface area contributed by atoms with Crippen molar-refractivity contribution in [3.63, 3.8) is 0 Å². The fraction of sp³-hybridized carbons (Fsp3) is 0.0625. The van der Waals surface area contributed by atoms with Crippen molar-refractivity contribution in [3.8, 4) is 10.4 Å². The molecule has 3 rings (SSSR count). The molecule has 5 nitrogen and oxygen atoms in total. The Balaban J connectivity index is 1.99. The highest BCUT2D eigenvalue weighted by molar-refractivity contribution is 7.92. The average molecular weight is 379 g/mol. The number of anilines is 1. The third-order valence-electron chi connectivity index (χ3n) is 3.31. The van der Waals surface area contributed by atoms with E-state index in [1.54, 1.807) is 18.2 Å². The molecule has 0 radical (unpaired) electrons. The molecule has 0 fully saturated rings. The SMILES string of the molecule is Cc1ccc(S(=O)(=O)Nc2cc(-c3ccsc3)sc2C(=O)O)cc1. The Kier molecular flexibility index (Phi) is 4.44. The van der Waals surface area contributed by atoms with Gasteiger partial charge in [-0.15, -0.1) is 11.3 Å². The van der Waals surface area contributed by atoms with Crippen molar-refractivity contribution < 1.29 is 18.3 Å². The Morgan fingerprint density at radius 1 is 1.17 bits per heavy atom. The van der Waals surface area contributed by atoms with Gasteiger partial charge >= 0.3 is 5.97 Å². The Morgan fingerprint density at radius 3 is 2.46 bits per heavy atom. The summed E-state index contributed by atoms with van der Waals surface area (Å²) in [6, 6.07) is 9.78. The standard InChI is InChI=1S/C16H13NO4S3/c1-10-2-4-12(5-3-10)24(20,21)17-13-8-14(11-6-7-22-9-11)23-15(13)16(18)19/h2-9,17H,1H3,(H,18,19). The van der Waals surface area contributed by atoms with Crippen molar-refractivity contribution >= 4 is 44.4 Å². The molecule has 1 aromatic carbocycles. The maximum Gasteiger partial charge on any atom is 0.348 e. The van der Waals surface area contributed by atoms with Crippen LogP contribution >= 0.6 is 22.7 Å². The molecule has 0 saturated heterocycles. The monoisotopic (exact) mass is 379 g/mol. The van der Waals surface area contributed by atoms with Crippen LogP contribution in [-0.2, 0) is 10.0 Å². The van der Waals surface area contributed by atoms with E-state index in [-0.39, 0.29) is 15.5 Å². The third-order valence-corrected chi connectivity index (χ3v) is 6.54. The number of aromatic carboxylic acids is 1. The molecule has 0 bridgehead atoms. The van der Waals surface area contributed by atoms with E-state index < -0.39 is 16.0 Å². The fourth-order valence-electron chi connectivity index (χ4n) is 2.09. The first kappa shape index (κ1) is 16.7. The summed E-state index contributed by atoms with van der Waals surface area (Å²) < 4.78 is 27.4. The first-order valence-electron chi connectivity index (χ1n) is 6.86. The van der Waals surface area contributed by atoms with Gasteiger partial charge in [-0.25, -0.2) is 13.2 Å². The van der Waals surface area contributed by atoms with E-state index in [1.165, 1.54) is 23.5 Å². The van der Waals surface area contributed by atoms with Crippen LogP contribution in [0.1, 0.15) is 15.2 Å². The van der Waals surface area contributed by atoms with Crippen molar-refractivity contribution in [1.82, 2.24) is 0 Å². The van der Waals surface area contributed by atoms with Crippen LogP contribution in [0.25, 0.3) is 10.4 Å². The molecule has 124 valence electrons. The second kappa shape index (κ2) is 6.39. The smallest absolute Gasteiger partial charge is 0.348 e. The lowest BCUT2D eigenvalue weighted by Crippen LogP contribution is -2.14. The Hall–Kier alpha value is -2.16. The van der Waals surface area contributed by atoms with E-state index in [1.807, 2.05) is 23.8 Å². The number of benzene rings is 1. The van der Waals surface area contributed by atoms with Gasteiger partial charge in [0.25, 0.3) is 10.0 Å². The topological polar surface area (TPSA) is 83.5 Å². The largest absolute Gasteiger partial charge is 0.477 e. The number of carboxylic acid groups (broad SMARTS) is 1. The van der Waals surface area contributed by atoms with E-state index in [4.69, 9.17) is 0 Å². The van der Waals surface area contributed by atoms with Crippen LogP contribution in [-0.4, -0.2) is 19.5 Å². The first-order chi connectivity index (χ1) is 11.4. The van der Waals surface area contributed by atoms with Crippen molar-refractivity contribution in [3.05, 3.63) is 57.6 Å². The minimum absolute atomic E-state index is 0.0353. The number of carboxylic acids is 1. The molecule has 0 aliphatic rings. The summed E-state index contributed by atoms with van der Waals surface area (Å²) in [6.07, 6.45) is 0. The molecule has 8 heteroatoms. The highest BCUT2D eigenvalue weighted by Crippen LogP contribution is 2.36. The molecule has 0 spiro atoms. The molecule has 24 heavy (non-hydrogen) atoms. The molecule has 2 N–H and O–H groups in total. The highest BCUT2D eigenvalue weighted by Gasteiger charge is 2.22. The van der Waals surface area contributed by atoms with Crippen LogP contribution in [0, 0.1) is 6.92 Å². The molecule has 0 saturated carbocycles. The van der Waals surface area contributed by atoms with Gasteiger partial charge in [-0.3, -0.25) is 4.72 Å². The number of nitrogens with one attached hydrogen (secondary N) is 1. The normalized spacial score (nSPS) is 11.4. The summed E-state index contributed by atoms with van der Waals surface area (Å²) in [7, 11) is -3.85. The average Bonchev–Trinajstić information content (AvgIpc) is 3.16. The third kappa shape index (κ3) is 3.35. The highest BCUT2D eigenvalue weighted by atomic mass is 32.2. The Labute approximate surface area is 147 Å². The number of hydrogen-bond donors (Lipinski definition) is 2. The van der Waals surface area contributed by atoms with E-state index in [0.717, 1.165) is 22.5 Å².